The first-order valence-electron chi connectivity index (χ1n) is 7.97. The van der Waals surface area contributed by atoms with E-state index in [2.05, 4.69) is 16.9 Å². The summed E-state index contributed by atoms with van der Waals surface area (Å²) < 4.78 is 5.87. The third kappa shape index (κ3) is 2.28. The molecule has 1 aliphatic carbocycles. The van der Waals surface area contributed by atoms with Crippen LogP contribution in [0.3, 0.4) is 0 Å². The molecule has 2 saturated heterocycles. The number of para-hydroxylation sites is 1. The molecule has 0 N–H and O–H groups in total. The van der Waals surface area contributed by atoms with Gasteiger partial charge in [-0.2, -0.15) is 0 Å². The van der Waals surface area contributed by atoms with Gasteiger partial charge in [0.25, 0.3) is 0 Å². The van der Waals surface area contributed by atoms with Crippen molar-refractivity contribution in [3.05, 3.63) is 42.1 Å². The maximum atomic E-state index is 12.6. The quantitative estimate of drug-likeness (QED) is 0.799. The van der Waals surface area contributed by atoms with Crippen LogP contribution in [0.15, 0.2) is 36.5 Å². The molecule has 4 nitrogen and oxygen atoms in total. The van der Waals surface area contributed by atoms with Crippen molar-refractivity contribution < 1.29 is 9.53 Å². The molecule has 1 aromatic heterocycles. The first-order valence-corrected chi connectivity index (χ1v) is 7.97. The summed E-state index contributed by atoms with van der Waals surface area (Å²) in [6.07, 6.45) is 5.11. The van der Waals surface area contributed by atoms with Crippen molar-refractivity contribution in [3.8, 4) is 0 Å². The molecule has 4 heteroatoms. The number of aromatic nitrogens is 1. The zero-order valence-electron chi connectivity index (χ0n) is 12.7. The highest BCUT2D eigenvalue weighted by Gasteiger charge is 2.40. The van der Waals surface area contributed by atoms with Crippen LogP contribution in [-0.2, 0) is 4.74 Å². The van der Waals surface area contributed by atoms with Crippen LogP contribution in [0.5, 0.6) is 0 Å². The number of fused-ring (bicyclic) bond motifs is 4. The van der Waals surface area contributed by atoms with E-state index in [4.69, 9.17) is 4.74 Å². The van der Waals surface area contributed by atoms with Gasteiger partial charge in [0.05, 0.1) is 11.1 Å². The third-order valence-corrected chi connectivity index (χ3v) is 5.17. The minimum atomic E-state index is -0.209. The van der Waals surface area contributed by atoms with Gasteiger partial charge in [0, 0.05) is 36.5 Å². The van der Waals surface area contributed by atoms with Crippen molar-refractivity contribution in [2.75, 3.05) is 13.6 Å². The summed E-state index contributed by atoms with van der Waals surface area (Å²) in [6.45, 7) is 1.04. The molecular formula is C18H20N2O2. The largest absolute Gasteiger partial charge is 0.458 e. The predicted octanol–water partition coefficient (Wildman–Crippen LogP) is 2.87. The molecule has 0 amide bonds. The summed E-state index contributed by atoms with van der Waals surface area (Å²) in [5, 5.41) is 0.869. The number of carbonyl (C=O) groups excluding carboxylic acids is 1. The normalized spacial score (nSPS) is 28.0. The Hall–Kier alpha value is -1.94. The van der Waals surface area contributed by atoms with Gasteiger partial charge in [0.2, 0.25) is 0 Å². The summed E-state index contributed by atoms with van der Waals surface area (Å²) in [5.41, 5.74) is 1.46. The molecular weight excluding hydrogens is 276 g/mol. The molecule has 114 valence electrons. The van der Waals surface area contributed by atoms with Crippen LogP contribution in [0.2, 0.25) is 0 Å². The molecule has 3 atom stereocenters. The molecule has 1 aromatic carbocycles. The second kappa shape index (κ2) is 5.36. The van der Waals surface area contributed by atoms with Crippen LogP contribution in [0.1, 0.15) is 29.6 Å². The van der Waals surface area contributed by atoms with Crippen molar-refractivity contribution in [1.82, 2.24) is 9.88 Å². The summed E-state index contributed by atoms with van der Waals surface area (Å²) >= 11 is 0. The van der Waals surface area contributed by atoms with E-state index in [-0.39, 0.29) is 12.1 Å². The van der Waals surface area contributed by atoms with Crippen LogP contribution >= 0.6 is 0 Å². The molecule has 0 unspecified atom stereocenters. The number of hydrogen-bond acceptors (Lipinski definition) is 4. The topological polar surface area (TPSA) is 42.4 Å². The van der Waals surface area contributed by atoms with Gasteiger partial charge in [-0.3, -0.25) is 4.98 Å². The molecule has 2 aromatic rings. The van der Waals surface area contributed by atoms with Crippen molar-refractivity contribution in [2.24, 2.45) is 5.92 Å². The highest BCUT2D eigenvalue weighted by molar-refractivity contribution is 6.03. The van der Waals surface area contributed by atoms with Crippen molar-refractivity contribution in [2.45, 2.75) is 31.4 Å². The monoisotopic (exact) mass is 296 g/mol. The van der Waals surface area contributed by atoms with Crippen molar-refractivity contribution >= 4 is 16.9 Å². The Morgan fingerprint density at radius 3 is 2.91 bits per heavy atom. The number of rotatable bonds is 2. The molecule has 3 heterocycles. The van der Waals surface area contributed by atoms with E-state index in [9.17, 15) is 4.79 Å². The minimum Gasteiger partial charge on any atom is -0.458 e. The van der Waals surface area contributed by atoms with E-state index in [0.717, 1.165) is 23.9 Å². The maximum Gasteiger partial charge on any atom is 0.339 e. The summed E-state index contributed by atoms with van der Waals surface area (Å²) in [7, 11) is 2.17. The fourth-order valence-electron chi connectivity index (χ4n) is 3.92. The van der Waals surface area contributed by atoms with E-state index >= 15 is 0 Å². The number of benzene rings is 1. The number of ether oxygens (including phenoxy) is 1. The van der Waals surface area contributed by atoms with Gasteiger partial charge in [-0.15, -0.1) is 0 Å². The Bertz CT molecular complexity index is 710. The molecule has 1 saturated carbocycles. The highest BCUT2D eigenvalue weighted by atomic mass is 16.5. The number of esters is 1. The van der Waals surface area contributed by atoms with Gasteiger partial charge in [-0.05, 0) is 32.0 Å². The van der Waals surface area contributed by atoms with Gasteiger partial charge in [0.15, 0.2) is 0 Å². The number of pyridine rings is 1. The van der Waals surface area contributed by atoms with Crippen LogP contribution < -0.4 is 0 Å². The molecule has 2 aliphatic heterocycles. The number of carbonyl (C=O) groups is 1. The lowest BCUT2D eigenvalue weighted by molar-refractivity contribution is -0.0557. The lowest BCUT2D eigenvalue weighted by Gasteiger charge is -2.47. The van der Waals surface area contributed by atoms with Crippen LogP contribution in [0.4, 0.5) is 0 Å². The van der Waals surface area contributed by atoms with Crippen LogP contribution in [0.25, 0.3) is 10.9 Å². The third-order valence-electron chi connectivity index (χ3n) is 5.17. The van der Waals surface area contributed by atoms with Crippen LogP contribution in [0, 0.1) is 5.92 Å². The fourth-order valence-corrected chi connectivity index (χ4v) is 3.92. The maximum absolute atomic E-state index is 12.6. The number of piperidine rings is 2. The van der Waals surface area contributed by atoms with Gasteiger partial charge < -0.3 is 9.64 Å². The van der Waals surface area contributed by atoms with Crippen molar-refractivity contribution in [3.63, 3.8) is 0 Å². The lowest BCUT2D eigenvalue weighted by Crippen LogP contribution is -2.53. The Balaban J connectivity index is 1.57. The van der Waals surface area contributed by atoms with Gasteiger partial charge in [0.1, 0.15) is 6.10 Å². The highest BCUT2D eigenvalue weighted by Crippen LogP contribution is 2.36. The van der Waals surface area contributed by atoms with E-state index in [0.29, 0.717) is 17.5 Å². The number of hydrogen-bond donors (Lipinski definition) is 0. The van der Waals surface area contributed by atoms with Gasteiger partial charge in [-0.25, -0.2) is 4.79 Å². The average Bonchev–Trinajstić information content (AvgIpc) is 2.55. The standard InChI is InChI=1S/C18H20N2O2/c1-20-11-12-6-7-13(20)10-17(12)22-18(21)15-8-9-19-16-5-3-2-4-14(15)16/h2-5,8-9,12-13,17H,6-7,10-11H2,1H3/t12-,13-,17-/m1/s1. The lowest BCUT2D eigenvalue weighted by atomic mass is 9.78. The molecule has 0 spiro atoms. The molecule has 3 aliphatic rings. The number of nitrogens with zero attached hydrogens (tertiary/aromatic N) is 2. The average molecular weight is 296 g/mol. The van der Waals surface area contributed by atoms with E-state index in [1.807, 2.05) is 24.3 Å². The van der Waals surface area contributed by atoms with E-state index in [1.54, 1.807) is 12.3 Å². The molecule has 2 bridgehead atoms. The first kappa shape index (κ1) is 13.7. The van der Waals surface area contributed by atoms with Crippen molar-refractivity contribution in [1.29, 1.82) is 0 Å². The summed E-state index contributed by atoms with van der Waals surface area (Å²) in [5.74, 6) is 0.269. The van der Waals surface area contributed by atoms with Gasteiger partial charge >= 0.3 is 5.97 Å². The summed E-state index contributed by atoms with van der Waals surface area (Å²) in [4.78, 5) is 19.3. The Morgan fingerprint density at radius 2 is 2.14 bits per heavy atom. The minimum absolute atomic E-state index is 0.0642. The summed E-state index contributed by atoms with van der Waals surface area (Å²) in [6, 6.07) is 10.0. The Kier molecular flexibility index (Phi) is 3.34. The van der Waals surface area contributed by atoms with E-state index in [1.165, 1.54) is 12.8 Å². The zero-order valence-corrected chi connectivity index (χ0v) is 12.7. The Morgan fingerprint density at radius 1 is 1.27 bits per heavy atom. The molecule has 22 heavy (non-hydrogen) atoms. The SMILES string of the molecule is CN1C[C@H]2CC[C@@H]1C[C@H]2OC(=O)c1ccnc2ccccc12. The smallest absolute Gasteiger partial charge is 0.339 e. The molecule has 3 fully saturated rings. The van der Waals surface area contributed by atoms with Gasteiger partial charge in [-0.1, -0.05) is 18.2 Å². The molecule has 0 radical (unpaired) electrons. The zero-order chi connectivity index (χ0) is 15.1. The van der Waals surface area contributed by atoms with Crippen LogP contribution in [-0.4, -0.2) is 41.6 Å². The Labute approximate surface area is 130 Å². The fraction of sp³-hybridized carbons (Fsp3) is 0.444. The van der Waals surface area contributed by atoms with E-state index < -0.39 is 0 Å². The predicted molar refractivity (Wildman–Crippen MR) is 84.7 cm³/mol. The second-order valence-corrected chi connectivity index (χ2v) is 6.49. The first-order chi connectivity index (χ1) is 10.7. The molecule has 5 rings (SSSR count). The second-order valence-electron chi connectivity index (χ2n) is 6.49.